The van der Waals surface area contributed by atoms with Gasteiger partial charge in [0.05, 0.1) is 5.69 Å². The SMILES string of the molecule is Cc1cc2c3c(c1)N(c1cc4c(cc1C)C(C)(C)CCC4(C)C)c1c(ccc4c1oc1ccccc14)B3N1c3ccccc3S(C)(C)c3cccc-2c31. The first-order chi connectivity index (χ1) is 25.4. The lowest BCUT2D eigenvalue weighted by atomic mass is 9.43. The topological polar surface area (TPSA) is 19.6 Å². The zero-order chi connectivity index (χ0) is 36.3. The molecule has 0 N–H and O–H groups in total. The van der Waals surface area contributed by atoms with E-state index in [1.165, 1.54) is 101 Å². The summed E-state index contributed by atoms with van der Waals surface area (Å²) in [7, 11) is -1.26. The molecule has 0 bridgehead atoms. The Morgan fingerprint density at radius 3 is 2.17 bits per heavy atom. The largest absolute Gasteiger partial charge is 0.454 e. The molecule has 0 amide bonds. The minimum Gasteiger partial charge on any atom is -0.454 e. The molecular formula is C48H45BN2OS. The third-order valence-corrected chi connectivity index (χ3v) is 16.2. The lowest BCUT2D eigenvalue weighted by Crippen LogP contribution is -2.62. The van der Waals surface area contributed by atoms with Crippen LogP contribution in [-0.2, 0) is 10.8 Å². The lowest BCUT2D eigenvalue weighted by Gasteiger charge is -2.52. The highest BCUT2D eigenvalue weighted by Crippen LogP contribution is 2.69. The second-order valence-corrected chi connectivity index (χ2v) is 21.3. The number of furan rings is 1. The van der Waals surface area contributed by atoms with E-state index in [0.717, 1.165) is 16.6 Å². The molecule has 0 fully saturated rings. The van der Waals surface area contributed by atoms with E-state index in [1.54, 1.807) is 0 Å². The van der Waals surface area contributed by atoms with Crippen LogP contribution in [0, 0.1) is 13.8 Å². The number of hydrogen-bond acceptors (Lipinski definition) is 3. The molecule has 262 valence electrons. The van der Waals surface area contributed by atoms with E-state index in [9.17, 15) is 0 Å². The van der Waals surface area contributed by atoms with Crippen LogP contribution in [0.1, 0.15) is 62.8 Å². The number of benzene rings is 6. The highest BCUT2D eigenvalue weighted by Gasteiger charge is 2.50. The predicted molar refractivity (Wildman–Crippen MR) is 228 cm³/mol. The van der Waals surface area contributed by atoms with E-state index in [0.29, 0.717) is 0 Å². The van der Waals surface area contributed by atoms with Gasteiger partial charge in [0.15, 0.2) is 5.58 Å². The van der Waals surface area contributed by atoms with Gasteiger partial charge in [-0.05, 0) is 125 Å². The second kappa shape index (κ2) is 10.2. The molecule has 7 aromatic rings. The molecule has 0 spiro atoms. The van der Waals surface area contributed by atoms with Crippen molar-refractivity contribution in [3.8, 4) is 11.1 Å². The van der Waals surface area contributed by atoms with E-state index in [1.807, 2.05) is 0 Å². The van der Waals surface area contributed by atoms with Gasteiger partial charge in [-0.2, -0.15) is 10.0 Å². The van der Waals surface area contributed by atoms with Crippen molar-refractivity contribution in [2.24, 2.45) is 0 Å². The fraction of sp³-hybridized carbons (Fsp3) is 0.250. The Kier molecular flexibility index (Phi) is 6.09. The quantitative estimate of drug-likeness (QED) is 0.158. The molecule has 53 heavy (non-hydrogen) atoms. The summed E-state index contributed by atoms with van der Waals surface area (Å²) in [4.78, 5) is 8.22. The molecule has 0 atom stereocenters. The van der Waals surface area contributed by atoms with Crippen molar-refractivity contribution in [2.45, 2.75) is 75.0 Å². The number of aryl methyl sites for hydroxylation is 2. The molecule has 0 saturated carbocycles. The van der Waals surface area contributed by atoms with Crippen molar-refractivity contribution in [3.05, 3.63) is 125 Å². The molecule has 11 rings (SSSR count). The van der Waals surface area contributed by atoms with Gasteiger partial charge in [0.2, 0.25) is 0 Å². The van der Waals surface area contributed by atoms with E-state index in [-0.39, 0.29) is 17.7 Å². The summed E-state index contributed by atoms with van der Waals surface area (Å²) in [5.41, 5.74) is 19.4. The van der Waals surface area contributed by atoms with E-state index >= 15 is 0 Å². The molecule has 1 aromatic heterocycles. The van der Waals surface area contributed by atoms with Crippen LogP contribution < -0.4 is 20.6 Å². The summed E-state index contributed by atoms with van der Waals surface area (Å²) in [5, 5.41) is 2.33. The van der Waals surface area contributed by atoms with Gasteiger partial charge in [-0.1, -0.05) is 94.4 Å². The van der Waals surface area contributed by atoms with Gasteiger partial charge in [0.1, 0.15) is 5.58 Å². The Morgan fingerprint density at radius 2 is 1.36 bits per heavy atom. The van der Waals surface area contributed by atoms with Crippen molar-refractivity contribution in [1.82, 2.24) is 0 Å². The molecule has 4 aliphatic rings. The van der Waals surface area contributed by atoms with Gasteiger partial charge in [-0.15, -0.1) is 0 Å². The fourth-order valence-corrected chi connectivity index (χ4v) is 12.9. The number of hydrogen-bond donors (Lipinski definition) is 0. The highest BCUT2D eigenvalue weighted by atomic mass is 32.3. The van der Waals surface area contributed by atoms with Gasteiger partial charge in [0.25, 0.3) is 0 Å². The maximum absolute atomic E-state index is 7.04. The number of fused-ring (bicyclic) bond motifs is 11. The normalized spacial score (nSPS) is 18.6. The van der Waals surface area contributed by atoms with Gasteiger partial charge in [-0.25, -0.2) is 0 Å². The summed E-state index contributed by atoms with van der Waals surface area (Å²) < 4.78 is 7.04. The van der Waals surface area contributed by atoms with Crippen LogP contribution in [0.15, 0.2) is 117 Å². The molecule has 6 aromatic carbocycles. The second-order valence-electron chi connectivity index (χ2n) is 17.7. The van der Waals surface area contributed by atoms with Crippen LogP contribution in [0.2, 0.25) is 0 Å². The number of nitrogens with zero attached hydrogens (tertiary/aromatic N) is 2. The first-order valence-corrected chi connectivity index (χ1v) is 21.6. The van der Waals surface area contributed by atoms with E-state index in [2.05, 4.69) is 167 Å². The molecule has 4 heterocycles. The predicted octanol–water partition coefficient (Wildman–Crippen LogP) is 12.1. The molecule has 0 saturated heterocycles. The van der Waals surface area contributed by atoms with Crippen molar-refractivity contribution in [2.75, 3.05) is 22.2 Å². The molecule has 3 aliphatic heterocycles. The molecule has 1 aliphatic carbocycles. The van der Waals surface area contributed by atoms with Crippen LogP contribution in [0.25, 0.3) is 33.1 Å². The monoisotopic (exact) mass is 708 g/mol. The zero-order valence-corrected chi connectivity index (χ0v) is 32.8. The molecule has 0 radical (unpaired) electrons. The summed E-state index contributed by atoms with van der Waals surface area (Å²) in [6, 6.07) is 39.6. The zero-order valence-electron chi connectivity index (χ0n) is 32.0. The Morgan fingerprint density at radius 1 is 0.642 bits per heavy atom. The highest BCUT2D eigenvalue weighted by molar-refractivity contribution is 8.33. The Hall–Kier alpha value is -4.87. The summed E-state index contributed by atoms with van der Waals surface area (Å²) >= 11 is 0. The van der Waals surface area contributed by atoms with Crippen LogP contribution in [0.3, 0.4) is 0 Å². The average Bonchev–Trinajstić information content (AvgIpc) is 3.52. The fourth-order valence-electron chi connectivity index (χ4n) is 10.5. The summed E-state index contributed by atoms with van der Waals surface area (Å²) in [5.74, 6) is 0. The number of anilines is 5. The van der Waals surface area contributed by atoms with Gasteiger partial charge < -0.3 is 14.1 Å². The van der Waals surface area contributed by atoms with Crippen molar-refractivity contribution in [3.63, 3.8) is 0 Å². The number of rotatable bonds is 1. The third-order valence-electron chi connectivity index (χ3n) is 13.3. The van der Waals surface area contributed by atoms with Crippen LogP contribution in [0.5, 0.6) is 0 Å². The maximum atomic E-state index is 7.04. The van der Waals surface area contributed by atoms with Gasteiger partial charge in [0, 0.05) is 48.9 Å². The molecule has 3 nitrogen and oxygen atoms in total. The third kappa shape index (κ3) is 3.99. The summed E-state index contributed by atoms with van der Waals surface area (Å²) in [6.45, 7) is 14.3. The minimum absolute atomic E-state index is 0.0249. The van der Waals surface area contributed by atoms with Crippen LogP contribution >= 0.6 is 10.0 Å². The van der Waals surface area contributed by atoms with Gasteiger partial charge in [-0.3, -0.25) is 0 Å². The maximum Gasteiger partial charge on any atom is 0.333 e. The van der Waals surface area contributed by atoms with Crippen LogP contribution in [0.4, 0.5) is 28.4 Å². The number of para-hydroxylation sites is 3. The van der Waals surface area contributed by atoms with E-state index < -0.39 is 10.0 Å². The summed E-state index contributed by atoms with van der Waals surface area (Å²) in [6.07, 6.45) is 7.33. The van der Waals surface area contributed by atoms with Crippen molar-refractivity contribution < 1.29 is 4.42 Å². The molecule has 0 unspecified atom stereocenters. The Labute approximate surface area is 315 Å². The van der Waals surface area contributed by atoms with E-state index in [4.69, 9.17) is 4.42 Å². The minimum atomic E-state index is -1.26. The smallest absolute Gasteiger partial charge is 0.333 e. The van der Waals surface area contributed by atoms with Gasteiger partial charge >= 0.3 is 6.85 Å². The first kappa shape index (κ1) is 31.6. The standard InChI is InChI=1S/C48H45BN2OS/c1-28-24-33-31-15-13-19-42-44(31)51(37-16-10-12-18-41(37)53(42,7)8)49-36-21-20-32-30-14-9-11-17-40(30)52-46(32)45(36)50(39(25-28)43(33)49)38-27-35-34(26-29(38)2)47(3,4)22-23-48(35,5)6/h9-21,24-27H,22-23H2,1-8H3. The molecular weight excluding hydrogens is 663 g/mol. The first-order valence-electron chi connectivity index (χ1n) is 19.2. The Balaban J connectivity index is 1.31. The lowest BCUT2D eigenvalue weighted by molar-refractivity contribution is 0.332. The van der Waals surface area contributed by atoms with Crippen LogP contribution in [-0.4, -0.2) is 19.4 Å². The molecule has 5 heteroatoms. The van der Waals surface area contributed by atoms with Crippen molar-refractivity contribution >= 4 is 78.2 Å². The van der Waals surface area contributed by atoms with Crippen molar-refractivity contribution in [1.29, 1.82) is 0 Å². The Bertz CT molecular complexity index is 2770. The average molecular weight is 709 g/mol.